The van der Waals surface area contributed by atoms with E-state index < -0.39 is 0 Å². The molecule has 1 fully saturated rings. The second-order valence-electron chi connectivity index (χ2n) is 5.16. The first-order chi connectivity index (χ1) is 9.15. The molecule has 0 saturated carbocycles. The van der Waals surface area contributed by atoms with Crippen LogP contribution in [0.2, 0.25) is 0 Å². The van der Waals surface area contributed by atoms with Gasteiger partial charge in [0.25, 0.3) is 0 Å². The Morgan fingerprint density at radius 3 is 2.84 bits per heavy atom. The molecule has 1 aromatic rings. The van der Waals surface area contributed by atoms with Gasteiger partial charge in [0.2, 0.25) is 0 Å². The summed E-state index contributed by atoms with van der Waals surface area (Å²) in [7, 11) is 3.28. The van der Waals surface area contributed by atoms with E-state index in [-0.39, 0.29) is 6.04 Å². The SMILES string of the molecule is COc1ccnc(CN2CCC(C)C(N)C2)c1OC. The first-order valence-corrected chi connectivity index (χ1v) is 6.69. The lowest BCUT2D eigenvalue weighted by atomic mass is 9.94. The normalized spacial score (nSPS) is 24.2. The summed E-state index contributed by atoms with van der Waals surface area (Å²) in [5, 5.41) is 0. The second kappa shape index (κ2) is 6.21. The van der Waals surface area contributed by atoms with Crippen LogP contribution in [-0.4, -0.2) is 43.2 Å². The lowest BCUT2D eigenvalue weighted by molar-refractivity contribution is 0.159. The fraction of sp³-hybridized carbons (Fsp3) is 0.643. The van der Waals surface area contributed by atoms with Gasteiger partial charge in [-0.05, 0) is 18.9 Å². The highest BCUT2D eigenvalue weighted by Crippen LogP contribution is 2.30. The Kier molecular flexibility index (Phi) is 4.61. The molecule has 2 atom stereocenters. The number of nitrogens with two attached hydrogens (primary N) is 1. The zero-order valence-electron chi connectivity index (χ0n) is 11.9. The van der Waals surface area contributed by atoms with Gasteiger partial charge >= 0.3 is 0 Å². The summed E-state index contributed by atoms with van der Waals surface area (Å²) in [5.74, 6) is 2.04. The number of rotatable bonds is 4. The fourth-order valence-electron chi connectivity index (χ4n) is 2.49. The van der Waals surface area contributed by atoms with Gasteiger partial charge in [0, 0.05) is 31.4 Å². The number of aromatic nitrogens is 1. The largest absolute Gasteiger partial charge is 0.493 e. The van der Waals surface area contributed by atoms with Gasteiger partial charge < -0.3 is 15.2 Å². The maximum absolute atomic E-state index is 6.13. The number of piperidine rings is 1. The van der Waals surface area contributed by atoms with Crippen LogP contribution in [0, 0.1) is 5.92 Å². The molecule has 5 nitrogen and oxygen atoms in total. The zero-order valence-corrected chi connectivity index (χ0v) is 11.9. The van der Waals surface area contributed by atoms with Gasteiger partial charge in [-0.1, -0.05) is 6.92 Å². The monoisotopic (exact) mass is 265 g/mol. The second-order valence-corrected chi connectivity index (χ2v) is 5.16. The van der Waals surface area contributed by atoms with E-state index in [1.165, 1.54) is 0 Å². The van der Waals surface area contributed by atoms with Gasteiger partial charge in [-0.2, -0.15) is 0 Å². The van der Waals surface area contributed by atoms with Crippen molar-refractivity contribution in [3.05, 3.63) is 18.0 Å². The van der Waals surface area contributed by atoms with E-state index in [0.29, 0.717) is 5.92 Å². The average Bonchev–Trinajstić information content (AvgIpc) is 2.42. The number of methoxy groups -OCH3 is 2. The average molecular weight is 265 g/mol. The van der Waals surface area contributed by atoms with Crippen LogP contribution in [0.4, 0.5) is 0 Å². The lowest BCUT2D eigenvalue weighted by Crippen LogP contribution is -2.47. The fourth-order valence-corrected chi connectivity index (χ4v) is 2.49. The van der Waals surface area contributed by atoms with Crippen LogP contribution in [0.5, 0.6) is 11.5 Å². The molecule has 19 heavy (non-hydrogen) atoms. The third-order valence-corrected chi connectivity index (χ3v) is 3.84. The molecule has 0 aromatic carbocycles. The van der Waals surface area contributed by atoms with Gasteiger partial charge in [-0.3, -0.25) is 9.88 Å². The minimum absolute atomic E-state index is 0.241. The van der Waals surface area contributed by atoms with Crippen molar-refractivity contribution in [2.45, 2.75) is 25.9 Å². The molecular formula is C14H23N3O2. The van der Waals surface area contributed by atoms with Crippen LogP contribution in [-0.2, 0) is 6.54 Å². The predicted octanol–water partition coefficient (Wildman–Crippen LogP) is 1.27. The molecule has 1 aliphatic heterocycles. The smallest absolute Gasteiger partial charge is 0.183 e. The van der Waals surface area contributed by atoms with Crippen LogP contribution in [0.1, 0.15) is 19.0 Å². The first kappa shape index (κ1) is 14.1. The number of hydrogen-bond acceptors (Lipinski definition) is 5. The summed E-state index contributed by atoms with van der Waals surface area (Å²) in [6, 6.07) is 2.05. The van der Waals surface area contributed by atoms with E-state index in [1.807, 2.05) is 6.07 Å². The van der Waals surface area contributed by atoms with Gasteiger partial charge in [0.15, 0.2) is 11.5 Å². The maximum Gasteiger partial charge on any atom is 0.183 e. The van der Waals surface area contributed by atoms with E-state index >= 15 is 0 Å². The molecule has 0 bridgehead atoms. The summed E-state index contributed by atoms with van der Waals surface area (Å²) in [4.78, 5) is 6.74. The van der Waals surface area contributed by atoms with Gasteiger partial charge in [-0.15, -0.1) is 0 Å². The van der Waals surface area contributed by atoms with Crippen molar-refractivity contribution in [1.29, 1.82) is 0 Å². The molecule has 1 aromatic heterocycles. The van der Waals surface area contributed by atoms with Crippen molar-refractivity contribution >= 4 is 0 Å². The predicted molar refractivity (Wildman–Crippen MR) is 74.4 cm³/mol. The highest BCUT2D eigenvalue weighted by Gasteiger charge is 2.24. The van der Waals surface area contributed by atoms with Crippen LogP contribution < -0.4 is 15.2 Å². The molecule has 0 aliphatic carbocycles. The topological polar surface area (TPSA) is 60.6 Å². The Balaban J connectivity index is 2.11. The number of ether oxygens (including phenoxy) is 2. The highest BCUT2D eigenvalue weighted by molar-refractivity contribution is 5.42. The molecule has 2 heterocycles. The van der Waals surface area contributed by atoms with Gasteiger partial charge in [-0.25, -0.2) is 0 Å². The van der Waals surface area contributed by atoms with Crippen LogP contribution in [0.3, 0.4) is 0 Å². The van der Waals surface area contributed by atoms with Crippen LogP contribution in [0.25, 0.3) is 0 Å². The van der Waals surface area contributed by atoms with E-state index in [0.717, 1.165) is 43.2 Å². The summed E-state index contributed by atoms with van der Waals surface area (Å²) in [5.41, 5.74) is 7.04. The number of nitrogens with zero attached hydrogens (tertiary/aromatic N) is 2. The van der Waals surface area contributed by atoms with Crippen molar-refractivity contribution in [3.63, 3.8) is 0 Å². The Hall–Kier alpha value is -1.33. The molecule has 1 aliphatic rings. The Bertz CT molecular complexity index is 425. The van der Waals surface area contributed by atoms with Crippen molar-refractivity contribution in [2.24, 2.45) is 11.7 Å². The zero-order chi connectivity index (χ0) is 13.8. The molecule has 0 radical (unpaired) electrons. The van der Waals surface area contributed by atoms with Crippen LogP contribution >= 0.6 is 0 Å². The minimum Gasteiger partial charge on any atom is -0.493 e. The first-order valence-electron chi connectivity index (χ1n) is 6.69. The summed E-state index contributed by atoms with van der Waals surface area (Å²) < 4.78 is 10.7. The van der Waals surface area contributed by atoms with Crippen molar-refractivity contribution in [1.82, 2.24) is 9.88 Å². The summed E-state index contributed by atoms with van der Waals surface area (Å²) >= 11 is 0. The third-order valence-electron chi connectivity index (χ3n) is 3.84. The van der Waals surface area contributed by atoms with Gasteiger partial charge in [0.05, 0.1) is 14.2 Å². The summed E-state index contributed by atoms with van der Waals surface area (Å²) in [6.45, 7) is 4.92. The molecule has 0 amide bonds. The molecule has 106 valence electrons. The molecule has 2 rings (SSSR count). The van der Waals surface area contributed by atoms with Gasteiger partial charge in [0.1, 0.15) is 5.69 Å². The van der Waals surface area contributed by atoms with E-state index in [4.69, 9.17) is 15.2 Å². The molecule has 5 heteroatoms. The maximum atomic E-state index is 6.13. The number of hydrogen-bond donors (Lipinski definition) is 1. The molecular weight excluding hydrogens is 242 g/mol. The van der Waals surface area contributed by atoms with Crippen molar-refractivity contribution < 1.29 is 9.47 Å². The van der Waals surface area contributed by atoms with Crippen LogP contribution in [0.15, 0.2) is 12.3 Å². The minimum atomic E-state index is 0.241. The quantitative estimate of drug-likeness (QED) is 0.888. The Labute approximate surface area is 114 Å². The van der Waals surface area contributed by atoms with Crippen molar-refractivity contribution in [2.75, 3.05) is 27.3 Å². The third kappa shape index (κ3) is 3.16. The number of likely N-dealkylation sites (tertiary alicyclic amines) is 1. The Morgan fingerprint density at radius 1 is 1.42 bits per heavy atom. The lowest BCUT2D eigenvalue weighted by Gasteiger charge is -2.35. The molecule has 2 unspecified atom stereocenters. The standard InChI is InChI=1S/C14H23N3O2/c1-10-5-7-17(8-11(10)15)9-12-14(19-3)13(18-2)4-6-16-12/h4,6,10-11H,5,7-9,15H2,1-3H3. The Morgan fingerprint density at radius 2 is 2.21 bits per heavy atom. The number of pyridine rings is 1. The summed E-state index contributed by atoms with van der Waals surface area (Å²) in [6.07, 6.45) is 2.89. The molecule has 2 N–H and O–H groups in total. The van der Waals surface area contributed by atoms with Crippen molar-refractivity contribution in [3.8, 4) is 11.5 Å². The van der Waals surface area contributed by atoms with E-state index in [2.05, 4.69) is 16.8 Å². The van der Waals surface area contributed by atoms with E-state index in [1.54, 1.807) is 20.4 Å². The highest BCUT2D eigenvalue weighted by atomic mass is 16.5. The molecule has 0 spiro atoms. The molecule has 1 saturated heterocycles. The van der Waals surface area contributed by atoms with E-state index in [9.17, 15) is 0 Å².